The van der Waals surface area contributed by atoms with Crippen LogP contribution in [0.4, 0.5) is 0 Å². The number of carbonyl (C=O) groups is 1. The maximum absolute atomic E-state index is 11.1. The highest BCUT2D eigenvalue weighted by Crippen LogP contribution is 2.35. The van der Waals surface area contributed by atoms with E-state index in [2.05, 4.69) is 13.0 Å². The molecule has 156 valence electrons. The zero-order valence-corrected chi connectivity index (χ0v) is 17.7. The highest BCUT2D eigenvalue weighted by molar-refractivity contribution is 5.66. The van der Waals surface area contributed by atoms with Crippen molar-refractivity contribution in [3.8, 4) is 0 Å². The number of aliphatic hydroxyl groups is 2. The second-order valence-corrected chi connectivity index (χ2v) is 8.30. The topological polar surface area (TPSA) is 76.0 Å². The minimum atomic E-state index is -0.459. The van der Waals surface area contributed by atoms with Gasteiger partial charge in [0.25, 0.3) is 0 Å². The fourth-order valence-electron chi connectivity index (χ4n) is 3.40. The molecule has 1 heterocycles. The van der Waals surface area contributed by atoms with Gasteiger partial charge in [-0.2, -0.15) is 0 Å². The highest BCUT2D eigenvalue weighted by Gasteiger charge is 2.42. The summed E-state index contributed by atoms with van der Waals surface area (Å²) < 4.78 is 11.2. The Morgan fingerprint density at radius 1 is 1.30 bits per heavy atom. The summed E-state index contributed by atoms with van der Waals surface area (Å²) in [6.07, 6.45) is 9.02. The quantitative estimate of drug-likeness (QED) is 0.418. The summed E-state index contributed by atoms with van der Waals surface area (Å²) in [6, 6.07) is 0. The van der Waals surface area contributed by atoms with Gasteiger partial charge in [-0.1, -0.05) is 24.6 Å². The third kappa shape index (κ3) is 9.04. The largest absolute Gasteiger partial charge is 0.461 e. The van der Waals surface area contributed by atoms with Gasteiger partial charge in [-0.15, -0.1) is 0 Å². The fourth-order valence-corrected chi connectivity index (χ4v) is 3.40. The van der Waals surface area contributed by atoms with Gasteiger partial charge in [0.15, 0.2) is 0 Å². The minimum Gasteiger partial charge on any atom is -0.461 e. The van der Waals surface area contributed by atoms with Crippen LogP contribution in [0, 0.1) is 5.92 Å². The van der Waals surface area contributed by atoms with Crippen LogP contribution in [-0.4, -0.2) is 47.2 Å². The molecular weight excluding hydrogens is 344 g/mol. The predicted molar refractivity (Wildman–Crippen MR) is 107 cm³/mol. The number of carbonyl (C=O) groups excluding carboxylic acids is 1. The molecule has 0 saturated carbocycles. The van der Waals surface area contributed by atoms with Gasteiger partial charge >= 0.3 is 5.97 Å². The third-order valence-corrected chi connectivity index (χ3v) is 5.38. The molecule has 27 heavy (non-hydrogen) atoms. The van der Waals surface area contributed by atoms with Gasteiger partial charge in [-0.05, 0) is 64.4 Å². The average molecular weight is 383 g/mol. The van der Waals surface area contributed by atoms with Crippen LogP contribution in [-0.2, 0) is 14.3 Å². The van der Waals surface area contributed by atoms with Gasteiger partial charge in [0, 0.05) is 13.3 Å². The van der Waals surface area contributed by atoms with Gasteiger partial charge in [0.2, 0.25) is 0 Å². The molecule has 3 atom stereocenters. The Bertz CT molecular complexity index is 521. The van der Waals surface area contributed by atoms with Crippen LogP contribution in [0.15, 0.2) is 23.3 Å². The maximum Gasteiger partial charge on any atom is 0.302 e. The van der Waals surface area contributed by atoms with Gasteiger partial charge in [-0.25, -0.2) is 0 Å². The summed E-state index contributed by atoms with van der Waals surface area (Å²) in [4.78, 5) is 11.1. The molecule has 1 aliphatic rings. The average Bonchev–Trinajstić information content (AvgIpc) is 2.85. The Labute approximate surface area is 164 Å². The van der Waals surface area contributed by atoms with Crippen molar-refractivity contribution >= 4 is 5.97 Å². The van der Waals surface area contributed by atoms with E-state index >= 15 is 0 Å². The molecule has 0 aliphatic carbocycles. The van der Waals surface area contributed by atoms with E-state index in [0.29, 0.717) is 18.9 Å². The van der Waals surface area contributed by atoms with E-state index in [1.807, 2.05) is 26.8 Å². The molecule has 0 amide bonds. The normalized spacial score (nSPS) is 24.1. The van der Waals surface area contributed by atoms with Crippen LogP contribution >= 0.6 is 0 Å². The zero-order chi connectivity index (χ0) is 20.4. The van der Waals surface area contributed by atoms with E-state index in [0.717, 1.165) is 43.3 Å². The molecule has 5 nitrogen and oxygen atoms in total. The van der Waals surface area contributed by atoms with E-state index in [-0.39, 0.29) is 18.7 Å². The summed E-state index contributed by atoms with van der Waals surface area (Å²) >= 11 is 0. The highest BCUT2D eigenvalue weighted by atomic mass is 16.5. The van der Waals surface area contributed by atoms with Gasteiger partial charge in [-0.3, -0.25) is 4.79 Å². The molecule has 0 aromatic heterocycles. The van der Waals surface area contributed by atoms with E-state index in [4.69, 9.17) is 14.6 Å². The van der Waals surface area contributed by atoms with Crippen LogP contribution in [0.2, 0.25) is 0 Å². The molecule has 1 saturated heterocycles. The Morgan fingerprint density at radius 3 is 2.56 bits per heavy atom. The molecule has 5 heteroatoms. The lowest BCUT2D eigenvalue weighted by atomic mass is 9.92. The minimum absolute atomic E-state index is 0.0719. The summed E-state index contributed by atoms with van der Waals surface area (Å²) in [6.45, 7) is 9.92. The Hall–Kier alpha value is -1.17. The molecule has 1 fully saturated rings. The first-order valence-corrected chi connectivity index (χ1v) is 10.1. The number of hydrogen-bond donors (Lipinski definition) is 2. The van der Waals surface area contributed by atoms with Crippen molar-refractivity contribution in [2.24, 2.45) is 5.92 Å². The number of esters is 1. The molecule has 1 aliphatic heterocycles. The molecule has 2 N–H and O–H groups in total. The number of ether oxygens (including phenoxy) is 2. The Morgan fingerprint density at radius 2 is 2.00 bits per heavy atom. The van der Waals surface area contributed by atoms with Crippen LogP contribution < -0.4 is 0 Å². The van der Waals surface area contributed by atoms with Crippen LogP contribution in [0.5, 0.6) is 0 Å². The van der Waals surface area contributed by atoms with Crippen molar-refractivity contribution in [1.82, 2.24) is 0 Å². The molecule has 3 unspecified atom stereocenters. The van der Waals surface area contributed by atoms with Gasteiger partial charge in [0.05, 0.1) is 24.4 Å². The third-order valence-electron chi connectivity index (χ3n) is 5.38. The monoisotopic (exact) mass is 382 g/mol. The van der Waals surface area contributed by atoms with E-state index < -0.39 is 11.7 Å². The van der Waals surface area contributed by atoms with Crippen molar-refractivity contribution in [3.63, 3.8) is 0 Å². The lowest BCUT2D eigenvalue weighted by molar-refractivity contribution is -0.140. The summed E-state index contributed by atoms with van der Waals surface area (Å²) in [5.41, 5.74) is 1.84. The number of hydrogen-bond acceptors (Lipinski definition) is 5. The number of rotatable bonds is 11. The second-order valence-electron chi connectivity index (χ2n) is 8.30. The van der Waals surface area contributed by atoms with E-state index in [9.17, 15) is 9.90 Å². The summed E-state index contributed by atoms with van der Waals surface area (Å²) in [5.74, 6) is 0.118. The first-order chi connectivity index (χ1) is 12.7. The molecule has 1 rings (SSSR count). The lowest BCUT2D eigenvalue weighted by Crippen LogP contribution is -2.32. The molecule has 0 radical (unpaired) electrons. The van der Waals surface area contributed by atoms with Gasteiger partial charge in [0.1, 0.15) is 6.61 Å². The van der Waals surface area contributed by atoms with Crippen LogP contribution in [0.25, 0.3) is 0 Å². The summed E-state index contributed by atoms with van der Waals surface area (Å²) in [7, 11) is 0. The van der Waals surface area contributed by atoms with Crippen LogP contribution in [0.3, 0.4) is 0 Å². The van der Waals surface area contributed by atoms with Crippen molar-refractivity contribution in [1.29, 1.82) is 0 Å². The molecule has 0 bridgehead atoms. The Balaban J connectivity index is 2.48. The Kier molecular flexibility index (Phi) is 10.3. The lowest BCUT2D eigenvalue weighted by Gasteiger charge is -2.24. The maximum atomic E-state index is 11.1. The van der Waals surface area contributed by atoms with Crippen molar-refractivity contribution < 1.29 is 24.5 Å². The second kappa shape index (κ2) is 11.6. The molecular formula is C22H38O5. The van der Waals surface area contributed by atoms with Crippen LogP contribution in [0.1, 0.15) is 73.1 Å². The molecule has 0 aromatic carbocycles. The fraction of sp³-hybridized carbons (Fsp3) is 0.773. The first-order valence-electron chi connectivity index (χ1n) is 10.1. The van der Waals surface area contributed by atoms with Crippen molar-refractivity contribution in [3.05, 3.63) is 23.3 Å². The van der Waals surface area contributed by atoms with Crippen molar-refractivity contribution in [2.45, 2.75) is 91.0 Å². The van der Waals surface area contributed by atoms with Crippen molar-refractivity contribution in [2.75, 3.05) is 13.2 Å². The smallest absolute Gasteiger partial charge is 0.302 e. The number of aliphatic hydroxyl groups excluding tert-OH is 2. The molecule has 0 aromatic rings. The standard InChI is InChI=1S/C22H38O5/c1-16(12-13-23)8-6-10-19(15-26-18(3)24)11-7-9-17(2)20-14-21(25)22(4,5)27-20/h10,12,17,20-21,23,25H,6-9,11,13-15H2,1-5H3. The number of allylic oxidation sites excluding steroid dienone is 2. The van der Waals surface area contributed by atoms with Gasteiger partial charge < -0.3 is 19.7 Å². The summed E-state index contributed by atoms with van der Waals surface area (Å²) in [5, 5.41) is 19.0. The molecule has 0 spiro atoms. The predicted octanol–water partition coefficient (Wildman–Crippen LogP) is 3.93. The first kappa shape index (κ1) is 23.9. The van der Waals surface area contributed by atoms with E-state index in [1.165, 1.54) is 6.92 Å². The van der Waals surface area contributed by atoms with E-state index in [1.54, 1.807) is 0 Å². The zero-order valence-electron chi connectivity index (χ0n) is 17.7. The SMILES string of the molecule is CC(=O)OCC(=CCCC(C)=CCO)CCCC(C)C1CC(O)C(C)(C)O1.